The summed E-state index contributed by atoms with van der Waals surface area (Å²) in [5, 5.41) is 14.3. The zero-order valence-corrected chi connectivity index (χ0v) is 19.4. The number of benzene rings is 1. The van der Waals surface area contributed by atoms with E-state index in [1.165, 1.54) is 6.42 Å². The van der Waals surface area contributed by atoms with Crippen LogP contribution in [0.15, 0.2) is 30.6 Å². The van der Waals surface area contributed by atoms with E-state index in [-0.39, 0.29) is 6.04 Å². The highest BCUT2D eigenvalue weighted by Crippen LogP contribution is 2.26. The van der Waals surface area contributed by atoms with Crippen molar-refractivity contribution in [2.45, 2.75) is 51.3 Å². The first kappa shape index (κ1) is 23.2. The Labute approximate surface area is 195 Å². The minimum atomic E-state index is -0.681. The molecule has 4 rings (SSSR count). The van der Waals surface area contributed by atoms with Crippen molar-refractivity contribution in [2.75, 3.05) is 37.8 Å². The second kappa shape index (κ2) is 11.3. The average Bonchev–Trinajstić information content (AvgIpc) is 3.31. The number of ether oxygens (including phenoxy) is 2. The summed E-state index contributed by atoms with van der Waals surface area (Å²) < 4.78 is 11.3. The topological polar surface area (TPSA) is 79.7 Å². The summed E-state index contributed by atoms with van der Waals surface area (Å²) in [6.07, 6.45) is 8.07. The highest BCUT2D eigenvalue weighted by Gasteiger charge is 2.21. The lowest BCUT2D eigenvalue weighted by Gasteiger charge is -2.32. The third-order valence-corrected chi connectivity index (χ3v) is 6.58. The quantitative estimate of drug-likeness (QED) is 0.434. The first-order valence-corrected chi connectivity index (χ1v) is 11.9. The molecule has 0 radical (unpaired) electrons. The van der Waals surface area contributed by atoms with Crippen molar-refractivity contribution in [1.82, 2.24) is 15.3 Å². The summed E-state index contributed by atoms with van der Waals surface area (Å²) in [6.45, 7) is 6.10. The van der Waals surface area contributed by atoms with Crippen LogP contribution in [0, 0.1) is 12.8 Å². The Morgan fingerprint density at radius 1 is 1.25 bits per heavy atom. The molecule has 2 saturated heterocycles. The van der Waals surface area contributed by atoms with Gasteiger partial charge in [-0.1, -0.05) is 17.7 Å². The third kappa shape index (κ3) is 6.32. The van der Waals surface area contributed by atoms with E-state index in [1.807, 2.05) is 25.1 Å². The van der Waals surface area contributed by atoms with Crippen LogP contribution >= 0.6 is 11.6 Å². The lowest BCUT2D eigenvalue weighted by atomic mass is 9.92. The monoisotopic (exact) mass is 460 g/mol. The van der Waals surface area contributed by atoms with E-state index in [9.17, 15) is 5.11 Å². The molecule has 0 bridgehead atoms. The molecule has 0 amide bonds. The lowest BCUT2D eigenvalue weighted by Crippen LogP contribution is -2.34. The van der Waals surface area contributed by atoms with Gasteiger partial charge in [0.1, 0.15) is 12.0 Å². The van der Waals surface area contributed by atoms with Gasteiger partial charge in [-0.25, -0.2) is 9.97 Å². The molecule has 7 nitrogen and oxygen atoms in total. The van der Waals surface area contributed by atoms with Crippen LogP contribution in [0.25, 0.3) is 0 Å². The van der Waals surface area contributed by atoms with E-state index < -0.39 is 6.23 Å². The molecular weight excluding hydrogens is 428 g/mol. The second-order valence-electron chi connectivity index (χ2n) is 8.77. The number of nitrogens with one attached hydrogen (secondary N) is 1. The van der Waals surface area contributed by atoms with Crippen LogP contribution in [0.2, 0.25) is 5.02 Å². The normalized spacial score (nSPS) is 20.5. The minimum Gasteiger partial charge on any atom is -0.494 e. The minimum absolute atomic E-state index is 0.214. The van der Waals surface area contributed by atoms with E-state index in [0.29, 0.717) is 24.2 Å². The van der Waals surface area contributed by atoms with E-state index in [2.05, 4.69) is 20.2 Å². The number of aromatic nitrogens is 2. The Bertz CT molecular complexity index is 853. The van der Waals surface area contributed by atoms with Crippen LogP contribution in [0.1, 0.15) is 49.5 Å². The van der Waals surface area contributed by atoms with E-state index in [4.69, 9.17) is 21.1 Å². The zero-order chi connectivity index (χ0) is 22.3. The number of piperidine rings is 1. The molecule has 1 aromatic heterocycles. The van der Waals surface area contributed by atoms with E-state index in [0.717, 1.165) is 68.2 Å². The maximum Gasteiger partial charge on any atom is 0.225 e. The molecule has 1 aromatic carbocycles. The molecule has 2 aliphatic heterocycles. The molecule has 174 valence electrons. The Morgan fingerprint density at radius 2 is 2.03 bits per heavy atom. The number of anilines is 1. The molecule has 0 aliphatic carbocycles. The molecule has 8 heteroatoms. The number of hydrogen-bond donors (Lipinski definition) is 2. The van der Waals surface area contributed by atoms with Gasteiger partial charge in [0.05, 0.1) is 30.6 Å². The standard InChI is InChI=1S/C24H33ClN4O3/c1-17-13-21(4-5-22(17)23(30)28-20-8-12-31-16-20)32-11-2-3-18-6-9-29(10-7-18)24-26-14-19(25)15-27-24/h4-5,13-15,18,20,23,28,30H,2-3,6-12,16H2,1H3/t20-,23?/m1/s1. The molecule has 2 fully saturated rings. The number of aliphatic hydroxyl groups is 1. The summed E-state index contributed by atoms with van der Waals surface area (Å²) in [5.41, 5.74) is 1.92. The van der Waals surface area contributed by atoms with Gasteiger partial charge in [0.25, 0.3) is 0 Å². The third-order valence-electron chi connectivity index (χ3n) is 6.39. The molecule has 0 spiro atoms. The molecule has 1 unspecified atom stereocenters. The van der Waals surface area contributed by atoms with Crippen LogP contribution in [0.5, 0.6) is 5.75 Å². The number of nitrogens with zero attached hydrogens (tertiary/aromatic N) is 3. The van der Waals surface area contributed by atoms with Gasteiger partial charge < -0.3 is 19.5 Å². The first-order chi connectivity index (χ1) is 15.6. The van der Waals surface area contributed by atoms with Crippen LogP contribution in [0.3, 0.4) is 0 Å². The van der Waals surface area contributed by atoms with Crippen LogP contribution in [0.4, 0.5) is 5.95 Å². The number of hydrogen-bond acceptors (Lipinski definition) is 7. The fourth-order valence-corrected chi connectivity index (χ4v) is 4.57. The fraction of sp³-hybridized carbons (Fsp3) is 0.583. The van der Waals surface area contributed by atoms with E-state index >= 15 is 0 Å². The van der Waals surface area contributed by atoms with Crippen LogP contribution in [-0.2, 0) is 4.74 Å². The number of aliphatic hydroxyl groups excluding tert-OH is 1. The van der Waals surface area contributed by atoms with Crippen molar-refractivity contribution in [2.24, 2.45) is 5.92 Å². The summed E-state index contributed by atoms with van der Waals surface area (Å²) in [4.78, 5) is 10.9. The van der Waals surface area contributed by atoms with Crippen molar-refractivity contribution in [1.29, 1.82) is 0 Å². The maximum absolute atomic E-state index is 10.5. The second-order valence-corrected chi connectivity index (χ2v) is 9.21. The molecule has 2 N–H and O–H groups in total. The summed E-state index contributed by atoms with van der Waals surface area (Å²) >= 11 is 5.88. The van der Waals surface area contributed by atoms with Gasteiger partial charge in [-0.15, -0.1) is 0 Å². The predicted octanol–water partition coefficient (Wildman–Crippen LogP) is 3.88. The molecule has 2 aromatic rings. The smallest absolute Gasteiger partial charge is 0.225 e. The SMILES string of the molecule is Cc1cc(OCCCC2CCN(c3ncc(Cl)cn3)CC2)ccc1C(O)N[C@@H]1CCOC1. The van der Waals surface area contributed by atoms with Gasteiger partial charge in [-0.05, 0) is 68.2 Å². The number of rotatable bonds is 9. The Kier molecular flexibility index (Phi) is 8.19. The van der Waals surface area contributed by atoms with Gasteiger partial charge in [0.15, 0.2) is 0 Å². The van der Waals surface area contributed by atoms with Crippen molar-refractivity contribution in [3.05, 3.63) is 46.7 Å². The summed E-state index contributed by atoms with van der Waals surface area (Å²) in [7, 11) is 0. The van der Waals surface area contributed by atoms with Gasteiger partial charge in [-0.3, -0.25) is 5.32 Å². The molecule has 32 heavy (non-hydrogen) atoms. The van der Waals surface area contributed by atoms with Crippen molar-refractivity contribution in [3.8, 4) is 5.75 Å². The molecule has 2 atom stereocenters. The van der Waals surface area contributed by atoms with Gasteiger partial charge >= 0.3 is 0 Å². The van der Waals surface area contributed by atoms with E-state index in [1.54, 1.807) is 12.4 Å². The van der Waals surface area contributed by atoms with Gasteiger partial charge in [0, 0.05) is 25.7 Å². The molecule has 3 heterocycles. The largest absolute Gasteiger partial charge is 0.494 e. The van der Waals surface area contributed by atoms with Crippen LogP contribution < -0.4 is 15.0 Å². The molecular formula is C24H33ClN4O3. The summed E-state index contributed by atoms with van der Waals surface area (Å²) in [5.74, 6) is 2.34. The Hall–Kier alpha value is -1.93. The molecule has 2 aliphatic rings. The zero-order valence-electron chi connectivity index (χ0n) is 18.7. The Balaban J connectivity index is 1.16. The van der Waals surface area contributed by atoms with Gasteiger partial charge in [0.2, 0.25) is 5.95 Å². The number of halogens is 1. The lowest BCUT2D eigenvalue weighted by molar-refractivity contribution is 0.114. The molecule has 0 saturated carbocycles. The highest BCUT2D eigenvalue weighted by molar-refractivity contribution is 6.30. The van der Waals surface area contributed by atoms with Gasteiger partial charge in [-0.2, -0.15) is 0 Å². The fourth-order valence-electron chi connectivity index (χ4n) is 4.48. The van der Waals surface area contributed by atoms with Crippen molar-refractivity contribution < 1.29 is 14.6 Å². The van der Waals surface area contributed by atoms with Crippen LogP contribution in [-0.4, -0.2) is 54.0 Å². The van der Waals surface area contributed by atoms with Crippen molar-refractivity contribution in [3.63, 3.8) is 0 Å². The number of aryl methyl sites for hydroxylation is 1. The average molecular weight is 461 g/mol. The summed E-state index contributed by atoms with van der Waals surface area (Å²) in [6, 6.07) is 6.12. The first-order valence-electron chi connectivity index (χ1n) is 11.6. The van der Waals surface area contributed by atoms with Crippen molar-refractivity contribution >= 4 is 17.5 Å². The Morgan fingerprint density at radius 3 is 2.72 bits per heavy atom. The highest BCUT2D eigenvalue weighted by atomic mass is 35.5. The predicted molar refractivity (Wildman–Crippen MR) is 125 cm³/mol. The maximum atomic E-state index is 10.5.